The molecule has 0 aliphatic rings. The smallest absolute Gasteiger partial charge is 0.119 e. The van der Waals surface area contributed by atoms with Crippen LogP contribution in [0.15, 0.2) is 49.1 Å². The monoisotopic (exact) mass is 249 g/mol. The number of rotatable bonds is 3. The highest BCUT2D eigenvalue weighted by atomic mass is 35.5. The van der Waals surface area contributed by atoms with E-state index in [-0.39, 0.29) is 18.4 Å². The maximum atomic E-state index is 5.90. The highest BCUT2D eigenvalue weighted by molar-refractivity contribution is 5.85. The Morgan fingerprint density at radius 1 is 1.18 bits per heavy atom. The van der Waals surface area contributed by atoms with Gasteiger partial charge in [0, 0.05) is 6.04 Å². The third-order valence-electron chi connectivity index (χ3n) is 2.71. The van der Waals surface area contributed by atoms with Gasteiger partial charge in [0.2, 0.25) is 0 Å². The first-order valence-corrected chi connectivity index (χ1v) is 5.20. The van der Waals surface area contributed by atoms with E-state index in [4.69, 9.17) is 10.5 Å². The van der Waals surface area contributed by atoms with Gasteiger partial charge < -0.3 is 10.5 Å². The van der Waals surface area contributed by atoms with E-state index >= 15 is 0 Å². The molecule has 2 aromatic carbocycles. The van der Waals surface area contributed by atoms with Gasteiger partial charge in [-0.1, -0.05) is 24.3 Å². The summed E-state index contributed by atoms with van der Waals surface area (Å²) in [6.07, 6.45) is 1.74. The normalized spacial score (nSPS) is 11.6. The average molecular weight is 250 g/mol. The lowest BCUT2D eigenvalue weighted by atomic mass is 10.0. The minimum Gasteiger partial charge on any atom is -0.497 e. The number of hydrogen-bond acceptors (Lipinski definition) is 2. The molecule has 2 aromatic rings. The Morgan fingerprint density at radius 3 is 2.47 bits per heavy atom. The summed E-state index contributed by atoms with van der Waals surface area (Å²) in [5, 5.41) is 2.31. The molecule has 2 nitrogen and oxygen atoms in total. The maximum absolute atomic E-state index is 5.90. The molecular formula is C14H16ClNO. The molecule has 0 saturated carbocycles. The third kappa shape index (κ3) is 2.78. The van der Waals surface area contributed by atoms with E-state index in [1.54, 1.807) is 13.2 Å². The molecule has 0 bridgehead atoms. The van der Waals surface area contributed by atoms with Crippen molar-refractivity contribution in [2.24, 2.45) is 5.73 Å². The van der Waals surface area contributed by atoms with Crippen molar-refractivity contribution < 1.29 is 4.74 Å². The van der Waals surface area contributed by atoms with E-state index in [2.05, 4.69) is 18.7 Å². The van der Waals surface area contributed by atoms with E-state index in [0.717, 1.165) is 22.1 Å². The molecule has 0 aromatic heterocycles. The van der Waals surface area contributed by atoms with Crippen LogP contribution in [-0.2, 0) is 0 Å². The minimum absolute atomic E-state index is 0. The zero-order valence-corrected chi connectivity index (χ0v) is 10.5. The van der Waals surface area contributed by atoms with Crippen LogP contribution < -0.4 is 10.5 Å². The number of nitrogens with two attached hydrogens (primary N) is 1. The van der Waals surface area contributed by atoms with Gasteiger partial charge in [-0.05, 0) is 34.5 Å². The van der Waals surface area contributed by atoms with E-state index < -0.39 is 0 Å². The topological polar surface area (TPSA) is 35.2 Å². The van der Waals surface area contributed by atoms with Crippen LogP contribution in [0.25, 0.3) is 10.8 Å². The highest BCUT2D eigenvalue weighted by Gasteiger charge is 2.03. The number of ether oxygens (including phenoxy) is 1. The second-order valence-electron chi connectivity index (χ2n) is 3.73. The van der Waals surface area contributed by atoms with Gasteiger partial charge in [0.25, 0.3) is 0 Å². The first-order valence-electron chi connectivity index (χ1n) is 5.20. The molecule has 0 heterocycles. The second-order valence-corrected chi connectivity index (χ2v) is 3.73. The van der Waals surface area contributed by atoms with E-state index in [1.807, 2.05) is 24.3 Å². The van der Waals surface area contributed by atoms with Crippen molar-refractivity contribution in [3.05, 3.63) is 54.6 Å². The summed E-state index contributed by atoms with van der Waals surface area (Å²) in [5.74, 6) is 0.869. The summed E-state index contributed by atoms with van der Waals surface area (Å²) < 4.78 is 5.18. The van der Waals surface area contributed by atoms with Crippen LogP contribution in [0.4, 0.5) is 0 Å². The molecule has 0 amide bonds. The lowest BCUT2D eigenvalue weighted by Crippen LogP contribution is -2.05. The first-order chi connectivity index (χ1) is 7.74. The SMILES string of the molecule is C=C[C@H](N)c1ccc2cc(OC)ccc2c1.Cl. The van der Waals surface area contributed by atoms with Crippen molar-refractivity contribution in [1.29, 1.82) is 0 Å². The molecule has 3 heteroatoms. The Labute approximate surface area is 107 Å². The molecule has 0 fully saturated rings. The Morgan fingerprint density at radius 2 is 1.82 bits per heavy atom. The predicted molar refractivity (Wildman–Crippen MR) is 74.9 cm³/mol. The van der Waals surface area contributed by atoms with Gasteiger partial charge in [0.05, 0.1) is 7.11 Å². The van der Waals surface area contributed by atoms with Crippen LogP contribution in [0.5, 0.6) is 5.75 Å². The molecule has 0 unspecified atom stereocenters. The molecule has 0 aliphatic heterocycles. The zero-order chi connectivity index (χ0) is 11.5. The second kappa shape index (κ2) is 5.71. The molecule has 2 rings (SSSR count). The highest BCUT2D eigenvalue weighted by Crippen LogP contribution is 2.23. The van der Waals surface area contributed by atoms with Gasteiger partial charge in [0.15, 0.2) is 0 Å². The standard InChI is InChI=1S/C14H15NO.ClH/c1-3-14(15)12-5-4-11-9-13(16-2)7-6-10(11)8-12;/h3-9,14H,1,15H2,2H3;1H/t14-;/m0./s1. The maximum Gasteiger partial charge on any atom is 0.119 e. The quantitative estimate of drug-likeness (QED) is 0.846. The van der Waals surface area contributed by atoms with Gasteiger partial charge >= 0.3 is 0 Å². The van der Waals surface area contributed by atoms with Crippen LogP contribution in [0.2, 0.25) is 0 Å². The molecule has 0 radical (unpaired) electrons. The Kier molecular flexibility index (Phi) is 4.55. The molecule has 1 atom stereocenters. The van der Waals surface area contributed by atoms with E-state index in [1.165, 1.54) is 0 Å². The fraction of sp³-hybridized carbons (Fsp3) is 0.143. The summed E-state index contributed by atoms with van der Waals surface area (Å²) in [4.78, 5) is 0. The number of fused-ring (bicyclic) bond motifs is 1. The van der Waals surface area contributed by atoms with E-state index in [0.29, 0.717) is 0 Å². The summed E-state index contributed by atoms with van der Waals surface area (Å²) in [5.41, 5.74) is 6.98. The van der Waals surface area contributed by atoms with Gasteiger partial charge in [-0.2, -0.15) is 0 Å². The number of methoxy groups -OCH3 is 1. The summed E-state index contributed by atoms with van der Waals surface area (Å²) in [6, 6.07) is 12.1. The van der Waals surface area contributed by atoms with Crippen LogP contribution in [0, 0.1) is 0 Å². The molecule has 0 aliphatic carbocycles. The molecule has 0 spiro atoms. The van der Waals surface area contributed by atoms with Crippen molar-refractivity contribution in [3.63, 3.8) is 0 Å². The molecule has 90 valence electrons. The molecule has 2 N–H and O–H groups in total. The molecule has 0 saturated heterocycles. The lowest BCUT2D eigenvalue weighted by Gasteiger charge is -2.08. The summed E-state index contributed by atoms with van der Waals surface area (Å²) in [6.45, 7) is 3.70. The number of hydrogen-bond donors (Lipinski definition) is 1. The molecular weight excluding hydrogens is 234 g/mol. The summed E-state index contributed by atoms with van der Waals surface area (Å²) in [7, 11) is 1.67. The van der Waals surface area contributed by atoms with Crippen molar-refractivity contribution in [1.82, 2.24) is 0 Å². The first kappa shape index (κ1) is 13.6. The predicted octanol–water partition coefficient (Wildman–Crippen LogP) is 3.46. The third-order valence-corrected chi connectivity index (χ3v) is 2.71. The van der Waals surface area contributed by atoms with Crippen LogP contribution >= 0.6 is 12.4 Å². The minimum atomic E-state index is -0.105. The number of benzene rings is 2. The Hall–Kier alpha value is -1.51. The largest absolute Gasteiger partial charge is 0.497 e. The Balaban J connectivity index is 0.00000144. The Bertz CT molecular complexity index is 525. The van der Waals surface area contributed by atoms with Crippen molar-refractivity contribution in [2.45, 2.75) is 6.04 Å². The van der Waals surface area contributed by atoms with Crippen molar-refractivity contribution in [3.8, 4) is 5.75 Å². The molecule has 17 heavy (non-hydrogen) atoms. The van der Waals surface area contributed by atoms with Crippen molar-refractivity contribution >= 4 is 23.2 Å². The van der Waals surface area contributed by atoms with Crippen LogP contribution in [-0.4, -0.2) is 7.11 Å². The lowest BCUT2D eigenvalue weighted by molar-refractivity contribution is 0.415. The van der Waals surface area contributed by atoms with Crippen LogP contribution in [0.1, 0.15) is 11.6 Å². The zero-order valence-electron chi connectivity index (χ0n) is 9.72. The van der Waals surface area contributed by atoms with Crippen LogP contribution in [0.3, 0.4) is 0 Å². The van der Waals surface area contributed by atoms with Crippen molar-refractivity contribution in [2.75, 3.05) is 7.11 Å². The fourth-order valence-corrected chi connectivity index (χ4v) is 1.71. The number of halogens is 1. The average Bonchev–Trinajstić information content (AvgIpc) is 2.36. The fourth-order valence-electron chi connectivity index (χ4n) is 1.71. The van der Waals surface area contributed by atoms with Gasteiger partial charge in [0.1, 0.15) is 5.75 Å². The summed E-state index contributed by atoms with van der Waals surface area (Å²) >= 11 is 0. The van der Waals surface area contributed by atoms with Gasteiger partial charge in [-0.15, -0.1) is 19.0 Å². The van der Waals surface area contributed by atoms with Gasteiger partial charge in [-0.3, -0.25) is 0 Å². The van der Waals surface area contributed by atoms with E-state index in [9.17, 15) is 0 Å². The van der Waals surface area contributed by atoms with Gasteiger partial charge in [-0.25, -0.2) is 0 Å².